The quantitative estimate of drug-likeness (QED) is 0.664. The summed E-state index contributed by atoms with van der Waals surface area (Å²) in [6.45, 7) is 1.98. The van der Waals surface area contributed by atoms with Crippen molar-refractivity contribution in [2.45, 2.75) is 13.3 Å². The monoisotopic (exact) mass is 276 g/mol. The van der Waals surface area contributed by atoms with Crippen LogP contribution in [0.2, 0.25) is 0 Å². The van der Waals surface area contributed by atoms with Crippen LogP contribution in [0.15, 0.2) is 24.3 Å². The molecule has 0 bridgehead atoms. The van der Waals surface area contributed by atoms with E-state index in [-0.39, 0.29) is 18.9 Å². The van der Waals surface area contributed by atoms with Gasteiger partial charge in [0.25, 0.3) is 5.91 Å². The Morgan fingerprint density at radius 1 is 1.35 bits per heavy atom. The van der Waals surface area contributed by atoms with Gasteiger partial charge in [-0.15, -0.1) is 0 Å². The minimum absolute atomic E-state index is 0.0728. The minimum Gasteiger partial charge on any atom is -0.478 e. The van der Waals surface area contributed by atoms with Gasteiger partial charge in [-0.1, -0.05) is 6.07 Å². The molecule has 0 saturated heterocycles. The largest absolute Gasteiger partial charge is 0.478 e. The number of hydrogen-bond acceptors (Lipinski definition) is 3. The normalized spacial score (nSPS) is 10.4. The van der Waals surface area contributed by atoms with Crippen LogP contribution in [0.4, 0.5) is 0 Å². The van der Waals surface area contributed by atoms with E-state index in [2.05, 4.69) is 5.32 Å². The first kappa shape index (κ1) is 15.4. The zero-order valence-electron chi connectivity index (χ0n) is 11.1. The van der Waals surface area contributed by atoms with Crippen molar-refractivity contribution in [1.82, 2.24) is 5.32 Å². The average molecular weight is 276 g/mol. The predicted molar refractivity (Wildman–Crippen MR) is 74.0 cm³/mol. The molecule has 1 aromatic rings. The second kappa shape index (κ2) is 7.08. The highest BCUT2D eigenvalue weighted by Crippen LogP contribution is 2.13. The highest BCUT2D eigenvalue weighted by molar-refractivity contribution is 5.95. The van der Waals surface area contributed by atoms with Crippen LogP contribution in [-0.2, 0) is 9.59 Å². The summed E-state index contributed by atoms with van der Waals surface area (Å²) in [6.07, 6.45) is 2.51. The first-order valence-corrected chi connectivity index (χ1v) is 5.98. The molecule has 0 radical (unpaired) electrons. The van der Waals surface area contributed by atoms with Gasteiger partial charge in [0.05, 0.1) is 0 Å². The summed E-state index contributed by atoms with van der Waals surface area (Å²) in [5, 5.41) is 11.2. The molecule has 106 valence electrons. The Bertz CT molecular complexity index is 564. The molecule has 2 amide bonds. The van der Waals surface area contributed by atoms with E-state index in [1.165, 1.54) is 6.08 Å². The number of aryl methyl sites for hydroxylation is 1. The Balaban J connectivity index is 2.80. The van der Waals surface area contributed by atoms with Gasteiger partial charge in [-0.05, 0) is 36.3 Å². The predicted octanol–water partition coefficient (Wildman–Crippen LogP) is 0.698. The maximum atomic E-state index is 11.8. The number of aliphatic carboxylic acids is 1. The molecule has 20 heavy (non-hydrogen) atoms. The van der Waals surface area contributed by atoms with E-state index in [9.17, 15) is 14.4 Å². The van der Waals surface area contributed by atoms with Crippen LogP contribution in [0.5, 0.6) is 0 Å². The number of primary amides is 1. The van der Waals surface area contributed by atoms with Crippen LogP contribution in [0, 0.1) is 6.92 Å². The Hall–Kier alpha value is -2.63. The summed E-state index contributed by atoms with van der Waals surface area (Å²) in [5.41, 5.74) is 6.87. The van der Waals surface area contributed by atoms with E-state index in [0.29, 0.717) is 11.1 Å². The van der Waals surface area contributed by atoms with Crippen molar-refractivity contribution in [3.63, 3.8) is 0 Å². The van der Waals surface area contributed by atoms with Gasteiger partial charge in [-0.2, -0.15) is 0 Å². The fraction of sp³-hybridized carbons (Fsp3) is 0.214. The van der Waals surface area contributed by atoms with E-state index < -0.39 is 11.9 Å². The minimum atomic E-state index is -1.05. The molecule has 0 aromatic heterocycles. The third-order valence-electron chi connectivity index (χ3n) is 2.60. The molecule has 1 rings (SSSR count). The van der Waals surface area contributed by atoms with Gasteiger partial charge < -0.3 is 16.2 Å². The highest BCUT2D eigenvalue weighted by Gasteiger charge is 2.07. The van der Waals surface area contributed by atoms with Crippen LogP contribution in [0.25, 0.3) is 6.08 Å². The zero-order valence-corrected chi connectivity index (χ0v) is 11.1. The Morgan fingerprint density at radius 3 is 2.65 bits per heavy atom. The van der Waals surface area contributed by atoms with Crippen molar-refractivity contribution >= 4 is 23.9 Å². The first-order valence-electron chi connectivity index (χ1n) is 5.98. The molecule has 6 nitrogen and oxygen atoms in total. The van der Waals surface area contributed by atoms with Crippen molar-refractivity contribution in [2.24, 2.45) is 5.73 Å². The topological polar surface area (TPSA) is 109 Å². The number of nitrogens with two attached hydrogens (primary N) is 1. The first-order chi connectivity index (χ1) is 9.40. The van der Waals surface area contributed by atoms with E-state index in [0.717, 1.165) is 11.6 Å². The number of hydrogen-bond donors (Lipinski definition) is 3. The van der Waals surface area contributed by atoms with Crippen molar-refractivity contribution < 1.29 is 19.5 Å². The molecule has 4 N–H and O–H groups in total. The van der Waals surface area contributed by atoms with Crippen LogP contribution >= 0.6 is 0 Å². The third-order valence-corrected chi connectivity index (χ3v) is 2.60. The van der Waals surface area contributed by atoms with Crippen LogP contribution in [-0.4, -0.2) is 29.4 Å². The lowest BCUT2D eigenvalue weighted by Gasteiger charge is -2.06. The molecule has 0 aliphatic rings. The van der Waals surface area contributed by atoms with Gasteiger partial charge in [-0.25, -0.2) is 4.79 Å². The second-order valence-corrected chi connectivity index (χ2v) is 4.22. The van der Waals surface area contributed by atoms with Crippen LogP contribution in [0.1, 0.15) is 27.9 Å². The van der Waals surface area contributed by atoms with Gasteiger partial charge in [0.1, 0.15) is 0 Å². The number of nitrogens with one attached hydrogen (secondary N) is 1. The molecule has 0 aliphatic carbocycles. The fourth-order valence-electron chi connectivity index (χ4n) is 1.52. The molecule has 1 aromatic carbocycles. The van der Waals surface area contributed by atoms with Crippen LogP contribution in [0.3, 0.4) is 0 Å². The molecule has 0 atom stereocenters. The number of carboxylic acids is 1. The Kier molecular flexibility index (Phi) is 5.46. The van der Waals surface area contributed by atoms with Crippen molar-refractivity contribution in [3.8, 4) is 0 Å². The molecule has 0 heterocycles. The Morgan fingerprint density at radius 2 is 2.05 bits per heavy atom. The van der Waals surface area contributed by atoms with Crippen molar-refractivity contribution in [1.29, 1.82) is 0 Å². The molecule has 0 saturated carbocycles. The van der Waals surface area contributed by atoms with Gasteiger partial charge in [0.15, 0.2) is 0 Å². The highest BCUT2D eigenvalue weighted by atomic mass is 16.4. The number of benzene rings is 1. The molecule has 0 aliphatic heterocycles. The molecular formula is C14H16N2O4. The number of rotatable bonds is 6. The maximum Gasteiger partial charge on any atom is 0.328 e. The smallest absolute Gasteiger partial charge is 0.328 e. The molecule has 0 fully saturated rings. The lowest BCUT2D eigenvalue weighted by molar-refractivity contribution is -0.131. The van der Waals surface area contributed by atoms with E-state index in [4.69, 9.17) is 10.8 Å². The fourth-order valence-corrected chi connectivity index (χ4v) is 1.52. The lowest BCUT2D eigenvalue weighted by atomic mass is 10.0. The number of carbonyl (C=O) groups excluding carboxylic acids is 2. The Labute approximate surface area is 116 Å². The summed E-state index contributed by atoms with van der Waals surface area (Å²) in [7, 11) is 0. The summed E-state index contributed by atoms with van der Waals surface area (Å²) in [6, 6.07) is 4.95. The summed E-state index contributed by atoms with van der Waals surface area (Å²) >= 11 is 0. The molecular weight excluding hydrogens is 260 g/mol. The maximum absolute atomic E-state index is 11.8. The van der Waals surface area contributed by atoms with E-state index in [1.54, 1.807) is 18.2 Å². The van der Waals surface area contributed by atoms with E-state index in [1.807, 2.05) is 6.92 Å². The zero-order chi connectivity index (χ0) is 15.1. The second-order valence-electron chi connectivity index (χ2n) is 4.22. The van der Waals surface area contributed by atoms with Gasteiger partial charge in [-0.3, -0.25) is 9.59 Å². The number of carbonyl (C=O) groups is 3. The summed E-state index contributed by atoms with van der Waals surface area (Å²) < 4.78 is 0. The number of carboxylic acid groups (broad SMARTS) is 1. The van der Waals surface area contributed by atoms with Gasteiger partial charge >= 0.3 is 5.97 Å². The molecule has 6 heteroatoms. The third kappa shape index (κ3) is 4.93. The SMILES string of the molecule is Cc1ccc(C(=O)NCCC(N)=O)cc1/C=C/C(=O)O. The van der Waals surface area contributed by atoms with E-state index >= 15 is 0 Å². The summed E-state index contributed by atoms with van der Waals surface area (Å²) in [5.74, 6) is -1.88. The number of amides is 2. The lowest BCUT2D eigenvalue weighted by Crippen LogP contribution is -2.27. The average Bonchev–Trinajstić information content (AvgIpc) is 2.37. The molecule has 0 unspecified atom stereocenters. The standard InChI is InChI=1S/C14H16N2O4/c1-9-2-3-11(8-10(9)4-5-13(18)19)14(20)16-7-6-12(15)17/h2-5,8H,6-7H2,1H3,(H2,15,17)(H,16,20)(H,18,19)/b5-4+. The van der Waals surface area contributed by atoms with Gasteiger partial charge in [0.2, 0.25) is 5.91 Å². The van der Waals surface area contributed by atoms with Crippen molar-refractivity contribution in [2.75, 3.05) is 6.54 Å². The summed E-state index contributed by atoms with van der Waals surface area (Å²) in [4.78, 5) is 32.9. The van der Waals surface area contributed by atoms with Gasteiger partial charge in [0, 0.05) is 24.6 Å². The van der Waals surface area contributed by atoms with Crippen LogP contribution < -0.4 is 11.1 Å². The van der Waals surface area contributed by atoms with Crippen molar-refractivity contribution in [3.05, 3.63) is 41.0 Å². The molecule has 0 spiro atoms.